The summed E-state index contributed by atoms with van der Waals surface area (Å²) in [5.74, 6) is 0. The molecule has 2 N–H and O–H groups in total. The molecule has 6 heterocycles. The summed E-state index contributed by atoms with van der Waals surface area (Å²) in [5, 5.41) is 11.3. The van der Waals surface area contributed by atoms with E-state index in [2.05, 4.69) is 101 Å². The second kappa shape index (κ2) is 17.0. The Labute approximate surface area is 314 Å². The van der Waals surface area contributed by atoms with E-state index in [0.29, 0.717) is 39.5 Å². The molecular formula is C34H46N8O2S5. The minimum absolute atomic E-state index is 0.395. The third-order valence-corrected chi connectivity index (χ3v) is 13.1. The minimum Gasteiger partial charge on any atom is -0.377 e. The van der Waals surface area contributed by atoms with Crippen molar-refractivity contribution < 1.29 is 9.47 Å². The highest BCUT2D eigenvalue weighted by Crippen LogP contribution is 2.45. The maximum absolute atomic E-state index is 6.12. The highest BCUT2D eigenvalue weighted by Gasteiger charge is 2.48. The molecule has 1 saturated heterocycles. The van der Waals surface area contributed by atoms with Crippen LogP contribution in [0.25, 0.3) is 0 Å². The maximum Gasteiger partial charge on any atom is 0.189 e. The predicted molar refractivity (Wildman–Crippen MR) is 215 cm³/mol. The lowest BCUT2D eigenvalue weighted by Crippen LogP contribution is -2.52. The number of likely N-dealkylation sites (N-methyl/N-ethyl adjacent to an activating group) is 2. The van der Waals surface area contributed by atoms with E-state index in [4.69, 9.17) is 58.3 Å². The molecule has 0 aromatic heterocycles. The molecule has 0 radical (unpaired) electrons. The fourth-order valence-electron chi connectivity index (χ4n) is 6.18. The molecule has 2 aromatic rings. The lowest BCUT2D eigenvalue weighted by Gasteiger charge is -2.37. The summed E-state index contributed by atoms with van der Waals surface area (Å²) in [6, 6.07) is 17.5. The van der Waals surface area contributed by atoms with E-state index < -0.39 is 10.9 Å². The second-order valence-electron chi connectivity index (χ2n) is 12.2. The van der Waals surface area contributed by atoms with Gasteiger partial charge in [0.25, 0.3) is 0 Å². The van der Waals surface area contributed by atoms with Crippen LogP contribution in [0.3, 0.4) is 0 Å². The van der Waals surface area contributed by atoms with Gasteiger partial charge in [0, 0.05) is 52.4 Å². The molecule has 6 aliphatic heterocycles. The number of hydrogen-bond donors (Lipinski definition) is 2. The first-order valence-corrected chi connectivity index (χ1v) is 19.8. The Bertz CT molecular complexity index is 1450. The number of thiocarbonyl (C=S) groups is 4. The number of nitrogens with one attached hydrogen (secondary N) is 2. The van der Waals surface area contributed by atoms with E-state index in [1.807, 2.05) is 0 Å². The maximum atomic E-state index is 6.12. The van der Waals surface area contributed by atoms with Gasteiger partial charge < -0.3 is 29.9 Å². The highest BCUT2D eigenvalue weighted by atomic mass is 32.2. The normalized spacial score (nSPS) is 20.7. The molecule has 264 valence electrons. The van der Waals surface area contributed by atoms with Gasteiger partial charge >= 0.3 is 0 Å². The van der Waals surface area contributed by atoms with Crippen molar-refractivity contribution in [1.82, 2.24) is 38.8 Å². The van der Waals surface area contributed by atoms with E-state index in [1.165, 1.54) is 27.4 Å². The molecule has 0 atom stereocenters. The van der Waals surface area contributed by atoms with E-state index in [9.17, 15) is 0 Å². The van der Waals surface area contributed by atoms with Gasteiger partial charge in [-0.1, -0.05) is 48.5 Å². The lowest BCUT2D eigenvalue weighted by atomic mass is 10.1. The van der Waals surface area contributed by atoms with Crippen LogP contribution in [0.2, 0.25) is 0 Å². The van der Waals surface area contributed by atoms with Crippen LogP contribution in [0.5, 0.6) is 0 Å². The number of hydrogen-bond acceptors (Lipinski definition) is 6. The third-order valence-electron chi connectivity index (χ3n) is 9.00. The molecule has 15 heteroatoms. The monoisotopic (exact) mass is 758 g/mol. The molecule has 2 aromatic carbocycles. The van der Waals surface area contributed by atoms with Crippen LogP contribution in [0.15, 0.2) is 48.5 Å². The zero-order chi connectivity index (χ0) is 34.3. The van der Waals surface area contributed by atoms with Crippen LogP contribution in [-0.4, -0.2) is 119 Å². The van der Waals surface area contributed by atoms with Crippen LogP contribution < -0.4 is 10.6 Å². The molecule has 0 spiro atoms. The smallest absolute Gasteiger partial charge is 0.189 e. The van der Waals surface area contributed by atoms with Crippen LogP contribution in [0.1, 0.15) is 42.5 Å². The average Bonchev–Trinajstić information content (AvgIpc) is 3.56. The van der Waals surface area contributed by atoms with Gasteiger partial charge in [0.1, 0.15) is 0 Å². The van der Waals surface area contributed by atoms with Crippen molar-refractivity contribution in [2.75, 3.05) is 65.7 Å². The molecule has 8 rings (SSSR count). The number of benzene rings is 2. The van der Waals surface area contributed by atoms with Gasteiger partial charge in [-0.2, -0.15) is 0 Å². The van der Waals surface area contributed by atoms with E-state index in [1.54, 1.807) is 0 Å². The molecule has 49 heavy (non-hydrogen) atoms. The first-order chi connectivity index (χ1) is 23.9. The Morgan fingerprint density at radius 2 is 1.00 bits per heavy atom. The van der Waals surface area contributed by atoms with Gasteiger partial charge in [0.15, 0.2) is 25.6 Å². The number of rotatable bonds is 2. The fraction of sp³-hybridized carbons (Fsp3) is 0.500. The Kier molecular flexibility index (Phi) is 12.6. The van der Waals surface area contributed by atoms with Crippen molar-refractivity contribution in [2.45, 2.75) is 46.4 Å². The molecule has 0 amide bonds. The van der Waals surface area contributed by atoms with E-state index in [-0.39, 0.29) is 0 Å². The van der Waals surface area contributed by atoms with Gasteiger partial charge in [-0.15, -0.1) is 0 Å². The van der Waals surface area contributed by atoms with Crippen LogP contribution >= 0.6 is 59.7 Å². The van der Waals surface area contributed by atoms with Gasteiger partial charge in [0.05, 0.1) is 50.4 Å². The topological polar surface area (TPSA) is 62.0 Å². The molecule has 4 bridgehead atoms. The molecule has 0 aliphatic carbocycles. The van der Waals surface area contributed by atoms with Gasteiger partial charge in [-0.05, 0) is 91.4 Å². The summed E-state index contributed by atoms with van der Waals surface area (Å²) in [7, 11) is -0.395. The van der Waals surface area contributed by atoms with Gasteiger partial charge in [-0.25, -0.2) is 0 Å². The molecular weight excluding hydrogens is 713 g/mol. The third kappa shape index (κ3) is 8.46. The van der Waals surface area contributed by atoms with E-state index >= 15 is 0 Å². The van der Waals surface area contributed by atoms with Crippen molar-refractivity contribution in [3.05, 3.63) is 70.8 Å². The Hall–Kier alpha value is -2.66. The van der Waals surface area contributed by atoms with Crippen molar-refractivity contribution in [3.63, 3.8) is 0 Å². The lowest BCUT2D eigenvalue weighted by molar-refractivity contribution is 0.0405. The summed E-state index contributed by atoms with van der Waals surface area (Å²) < 4.78 is 16.4. The van der Waals surface area contributed by atoms with Crippen molar-refractivity contribution in [3.8, 4) is 0 Å². The largest absolute Gasteiger partial charge is 0.377 e. The summed E-state index contributed by atoms with van der Waals surface area (Å²) >= 11 is 23.7. The highest BCUT2D eigenvalue weighted by molar-refractivity contribution is 8.14. The zero-order valence-corrected chi connectivity index (χ0v) is 32.3. The Morgan fingerprint density at radius 1 is 0.592 bits per heavy atom. The fourth-order valence-corrected chi connectivity index (χ4v) is 10.2. The number of fused-ring (bicyclic) bond motifs is 2. The van der Waals surface area contributed by atoms with Crippen LogP contribution in [0.4, 0.5) is 0 Å². The summed E-state index contributed by atoms with van der Waals surface area (Å²) in [4.78, 5) is 8.88. The Morgan fingerprint density at radius 3 is 1.41 bits per heavy atom. The summed E-state index contributed by atoms with van der Waals surface area (Å²) in [5.41, 5.74) is 4.77. The van der Waals surface area contributed by atoms with E-state index in [0.717, 1.165) is 79.2 Å². The van der Waals surface area contributed by atoms with Crippen molar-refractivity contribution in [2.24, 2.45) is 0 Å². The van der Waals surface area contributed by atoms with Gasteiger partial charge in [-0.3, -0.25) is 18.4 Å². The molecule has 0 unspecified atom stereocenters. The van der Waals surface area contributed by atoms with Crippen molar-refractivity contribution >= 4 is 85.3 Å². The molecule has 6 aliphatic rings. The zero-order valence-electron chi connectivity index (χ0n) is 28.3. The molecule has 0 saturated carbocycles. The number of nitrogens with zero attached hydrogens (tertiary/aromatic N) is 6. The average molecular weight is 759 g/mol. The van der Waals surface area contributed by atoms with Crippen molar-refractivity contribution in [1.29, 1.82) is 0 Å². The standard InChI is InChI=1S/C34H46N8O2S5/c1-3-37-16-18-43-20-21-44-19-17-38(4-2)31(46)36-23-27-8-12-29(13-9-27)25-42-33(48)40-15-5-14-39-32(47)41(49(42)34(39)40)24-28-10-6-26(7-11-28)22-35-30(37)45/h6-13H,3-5,14-25H2,1-2H3,(H,35,45)(H,36,46). The number of ether oxygens (including phenoxy) is 2. The summed E-state index contributed by atoms with van der Waals surface area (Å²) in [6.07, 6.45) is 1.03. The van der Waals surface area contributed by atoms with Gasteiger partial charge in [0.2, 0.25) is 0 Å². The predicted octanol–water partition coefficient (Wildman–Crippen LogP) is 4.22. The first kappa shape index (κ1) is 36.1. The minimum atomic E-state index is -0.395. The Balaban J connectivity index is 1.20. The summed E-state index contributed by atoms with van der Waals surface area (Å²) in [6.45, 7) is 14.1. The van der Waals surface area contributed by atoms with Crippen LogP contribution in [0, 0.1) is 0 Å². The first-order valence-electron chi connectivity index (χ1n) is 17.0. The molecule has 1 fully saturated rings. The van der Waals surface area contributed by atoms with Crippen LogP contribution in [-0.2, 0) is 35.7 Å². The SMILES string of the molecule is CCN1CCOCCOCCN(CC)C(=S)NCc2ccc(cc2)CN2C(=S)N3CCCN4C(=S)N(Cc5ccc(cc5)CNC1=S)S2=C43. The molecule has 10 nitrogen and oxygen atoms in total. The quantitative estimate of drug-likeness (QED) is 0.430. The second-order valence-corrected chi connectivity index (χ2v) is 15.5.